The van der Waals surface area contributed by atoms with E-state index in [1.54, 1.807) is 12.1 Å². The number of carbonyl (C=O) groups excluding carboxylic acids is 1. The molecule has 1 aliphatic carbocycles. The van der Waals surface area contributed by atoms with Crippen LogP contribution in [0, 0.1) is 11.7 Å². The van der Waals surface area contributed by atoms with Crippen LogP contribution < -0.4 is 4.90 Å². The van der Waals surface area contributed by atoms with Gasteiger partial charge in [0.25, 0.3) is 0 Å². The summed E-state index contributed by atoms with van der Waals surface area (Å²) >= 11 is 0. The molecule has 1 aliphatic rings. The highest BCUT2D eigenvalue weighted by Crippen LogP contribution is 2.28. The van der Waals surface area contributed by atoms with E-state index in [-0.39, 0.29) is 5.82 Å². The van der Waals surface area contributed by atoms with Crippen molar-refractivity contribution >= 4 is 17.5 Å². The van der Waals surface area contributed by atoms with Crippen LogP contribution in [0.2, 0.25) is 0 Å². The van der Waals surface area contributed by atoms with Crippen LogP contribution in [-0.4, -0.2) is 12.7 Å². The number of hydrogen-bond acceptors (Lipinski definition) is 2. The molecular weight excluding hydrogens is 305 g/mol. The second-order valence-corrected chi connectivity index (χ2v) is 6.23. The second kappa shape index (κ2) is 7.95. The van der Waals surface area contributed by atoms with Crippen molar-refractivity contribution in [3.8, 4) is 0 Å². The molecule has 3 rings (SSSR count). The maximum absolute atomic E-state index is 13.2. The molecule has 0 spiro atoms. The van der Waals surface area contributed by atoms with Crippen LogP contribution >= 0.6 is 0 Å². The lowest BCUT2D eigenvalue weighted by Crippen LogP contribution is -2.29. The first kappa shape index (κ1) is 16.5. The van der Waals surface area contributed by atoms with Gasteiger partial charge in [-0.3, -0.25) is 0 Å². The molecule has 1 saturated carbocycles. The molecule has 0 radical (unpaired) electrons. The predicted octanol–water partition coefficient (Wildman–Crippen LogP) is 5.68. The largest absolute Gasteiger partial charge is 0.449 e. The highest BCUT2D eigenvalue weighted by molar-refractivity contribution is 5.95. The predicted molar refractivity (Wildman–Crippen MR) is 92.9 cm³/mol. The molecule has 126 valence electrons. The Kier molecular flexibility index (Phi) is 5.47. The minimum Gasteiger partial charge on any atom is -0.449 e. The Morgan fingerprint density at radius 2 is 1.58 bits per heavy atom. The van der Waals surface area contributed by atoms with Crippen molar-refractivity contribution in [1.29, 1.82) is 0 Å². The summed E-state index contributed by atoms with van der Waals surface area (Å²) in [5.41, 5.74) is 1.30. The molecule has 0 heterocycles. The molecule has 1 amide bonds. The maximum atomic E-state index is 13.2. The number of hydrogen-bond donors (Lipinski definition) is 0. The third kappa shape index (κ3) is 4.13. The van der Waals surface area contributed by atoms with Crippen molar-refractivity contribution < 1.29 is 13.9 Å². The van der Waals surface area contributed by atoms with Crippen LogP contribution in [0.25, 0.3) is 0 Å². The summed E-state index contributed by atoms with van der Waals surface area (Å²) in [5, 5.41) is 0. The van der Waals surface area contributed by atoms with E-state index in [0.717, 1.165) is 12.8 Å². The zero-order valence-corrected chi connectivity index (χ0v) is 13.7. The second-order valence-electron chi connectivity index (χ2n) is 6.23. The van der Waals surface area contributed by atoms with Gasteiger partial charge < -0.3 is 4.74 Å². The van der Waals surface area contributed by atoms with Gasteiger partial charge in [-0.2, -0.15) is 0 Å². The maximum Gasteiger partial charge on any atom is 0.418 e. The van der Waals surface area contributed by atoms with E-state index in [1.165, 1.54) is 36.3 Å². The van der Waals surface area contributed by atoms with Gasteiger partial charge in [0.1, 0.15) is 5.82 Å². The van der Waals surface area contributed by atoms with Gasteiger partial charge in [-0.15, -0.1) is 0 Å². The Morgan fingerprint density at radius 1 is 0.958 bits per heavy atom. The summed E-state index contributed by atoms with van der Waals surface area (Å²) in [7, 11) is 0. The fourth-order valence-electron chi connectivity index (χ4n) is 3.13. The van der Waals surface area contributed by atoms with Crippen molar-refractivity contribution in [2.75, 3.05) is 11.5 Å². The first-order valence-corrected chi connectivity index (χ1v) is 8.51. The van der Waals surface area contributed by atoms with E-state index in [0.29, 0.717) is 23.9 Å². The lowest BCUT2D eigenvalue weighted by molar-refractivity contribution is 0.124. The fraction of sp³-hybridized carbons (Fsp3) is 0.350. The van der Waals surface area contributed by atoms with Crippen LogP contribution in [0.3, 0.4) is 0 Å². The van der Waals surface area contributed by atoms with Gasteiger partial charge in [0.15, 0.2) is 0 Å². The summed E-state index contributed by atoms with van der Waals surface area (Å²) < 4.78 is 18.8. The fourth-order valence-corrected chi connectivity index (χ4v) is 3.13. The Bertz CT molecular complexity index is 651. The zero-order valence-electron chi connectivity index (χ0n) is 13.7. The number of halogens is 1. The topological polar surface area (TPSA) is 29.5 Å². The average Bonchev–Trinajstić information content (AvgIpc) is 2.64. The smallest absolute Gasteiger partial charge is 0.418 e. The van der Waals surface area contributed by atoms with Crippen molar-refractivity contribution in [2.24, 2.45) is 5.92 Å². The molecular formula is C20H22FNO2. The molecule has 2 aromatic carbocycles. The zero-order chi connectivity index (χ0) is 16.8. The number of para-hydroxylation sites is 1. The van der Waals surface area contributed by atoms with Crippen molar-refractivity contribution in [3.05, 3.63) is 60.4 Å². The van der Waals surface area contributed by atoms with Crippen molar-refractivity contribution in [1.82, 2.24) is 0 Å². The van der Waals surface area contributed by atoms with E-state index >= 15 is 0 Å². The molecule has 0 unspecified atom stereocenters. The number of carbonyl (C=O) groups is 1. The van der Waals surface area contributed by atoms with Crippen LogP contribution in [0.4, 0.5) is 20.6 Å². The Balaban J connectivity index is 1.76. The average molecular weight is 327 g/mol. The summed E-state index contributed by atoms with van der Waals surface area (Å²) in [4.78, 5) is 14.2. The number of rotatable bonds is 4. The number of ether oxygens (including phenoxy) is 1. The molecule has 2 aromatic rings. The first-order valence-electron chi connectivity index (χ1n) is 8.51. The van der Waals surface area contributed by atoms with E-state index in [4.69, 9.17) is 4.74 Å². The molecule has 0 N–H and O–H groups in total. The number of benzene rings is 2. The van der Waals surface area contributed by atoms with Gasteiger partial charge in [0, 0.05) is 0 Å². The van der Waals surface area contributed by atoms with Crippen LogP contribution in [0.15, 0.2) is 54.6 Å². The summed E-state index contributed by atoms with van der Waals surface area (Å²) in [6.07, 6.45) is 5.52. The minimum atomic E-state index is -0.418. The van der Waals surface area contributed by atoms with Crippen LogP contribution in [0.1, 0.15) is 32.1 Å². The highest BCUT2D eigenvalue weighted by Gasteiger charge is 2.22. The SMILES string of the molecule is O=C(OCC1CCCCC1)N(c1ccccc1)c1ccc(F)cc1. The molecule has 24 heavy (non-hydrogen) atoms. The van der Waals surface area contributed by atoms with Gasteiger partial charge in [-0.1, -0.05) is 37.5 Å². The third-order valence-electron chi connectivity index (χ3n) is 4.45. The quantitative estimate of drug-likeness (QED) is 0.723. The Labute approximate surface area is 142 Å². The monoisotopic (exact) mass is 327 g/mol. The van der Waals surface area contributed by atoms with Crippen molar-refractivity contribution in [3.63, 3.8) is 0 Å². The molecule has 3 nitrogen and oxygen atoms in total. The normalized spacial score (nSPS) is 15.0. The van der Waals surface area contributed by atoms with Crippen LogP contribution in [-0.2, 0) is 4.74 Å². The molecule has 0 atom stereocenters. The first-order chi connectivity index (χ1) is 11.7. The summed E-state index contributed by atoms with van der Waals surface area (Å²) in [5.74, 6) is 0.121. The molecule has 0 aliphatic heterocycles. The molecule has 4 heteroatoms. The van der Waals surface area contributed by atoms with Gasteiger partial charge in [-0.25, -0.2) is 14.1 Å². The Morgan fingerprint density at radius 3 is 2.25 bits per heavy atom. The molecule has 0 saturated heterocycles. The third-order valence-corrected chi connectivity index (χ3v) is 4.45. The number of amides is 1. The highest BCUT2D eigenvalue weighted by atomic mass is 19.1. The van der Waals surface area contributed by atoms with E-state index in [9.17, 15) is 9.18 Å². The number of anilines is 2. The van der Waals surface area contributed by atoms with E-state index < -0.39 is 6.09 Å². The molecule has 0 bridgehead atoms. The minimum absolute atomic E-state index is 0.331. The van der Waals surface area contributed by atoms with Gasteiger partial charge in [0.05, 0.1) is 18.0 Å². The van der Waals surface area contributed by atoms with Gasteiger partial charge in [0.2, 0.25) is 0 Å². The van der Waals surface area contributed by atoms with Crippen molar-refractivity contribution in [2.45, 2.75) is 32.1 Å². The molecule has 1 fully saturated rings. The van der Waals surface area contributed by atoms with E-state index in [1.807, 2.05) is 30.3 Å². The van der Waals surface area contributed by atoms with Gasteiger partial charge >= 0.3 is 6.09 Å². The van der Waals surface area contributed by atoms with E-state index in [2.05, 4.69) is 0 Å². The van der Waals surface area contributed by atoms with Gasteiger partial charge in [-0.05, 0) is 55.2 Å². The number of nitrogens with zero attached hydrogens (tertiary/aromatic N) is 1. The Hall–Kier alpha value is -2.36. The lowest BCUT2D eigenvalue weighted by atomic mass is 9.90. The summed E-state index contributed by atoms with van der Waals surface area (Å²) in [6.45, 7) is 0.448. The standard InChI is InChI=1S/C20H22FNO2/c21-17-11-13-19(14-12-17)22(18-9-5-2-6-10-18)20(23)24-15-16-7-3-1-4-8-16/h2,5-6,9-14,16H,1,3-4,7-8,15H2. The molecule has 0 aromatic heterocycles. The van der Waals surface area contributed by atoms with Crippen LogP contribution in [0.5, 0.6) is 0 Å². The summed E-state index contributed by atoms with van der Waals surface area (Å²) in [6, 6.07) is 15.2. The lowest BCUT2D eigenvalue weighted by Gasteiger charge is -2.25.